The molecule has 3 aromatic heterocycles. The summed E-state index contributed by atoms with van der Waals surface area (Å²) >= 11 is 0. The Morgan fingerprint density at radius 3 is 1.61 bits per heavy atom. The highest BCUT2D eigenvalue weighted by Gasteiger charge is 2.20. The van der Waals surface area contributed by atoms with Gasteiger partial charge in [0.2, 0.25) is 0 Å². The second kappa shape index (κ2) is 12.0. The van der Waals surface area contributed by atoms with Crippen LogP contribution in [0, 0.1) is 13.8 Å². The molecule has 0 aliphatic heterocycles. The van der Waals surface area contributed by atoms with Crippen LogP contribution in [-0.2, 0) is 0 Å². The lowest BCUT2D eigenvalue weighted by Gasteiger charge is -2.14. The number of aryl methyl sites for hydroxylation is 2. The summed E-state index contributed by atoms with van der Waals surface area (Å²) in [5.41, 5.74) is 13.9. The highest BCUT2D eigenvalue weighted by atomic mass is 16.3. The Bertz CT molecular complexity index is 3870. The van der Waals surface area contributed by atoms with E-state index < -0.39 is 0 Å². The fraction of sp³-hybridized carbons (Fsp3) is 0.0357. The van der Waals surface area contributed by atoms with Crippen LogP contribution < -0.4 is 0 Å². The number of hydrogen-bond donors (Lipinski definition) is 0. The van der Waals surface area contributed by atoms with Crippen LogP contribution in [0.4, 0.5) is 0 Å². The van der Waals surface area contributed by atoms with Crippen LogP contribution in [0.25, 0.3) is 126 Å². The van der Waals surface area contributed by atoms with Crippen molar-refractivity contribution in [2.45, 2.75) is 13.8 Å². The lowest BCUT2D eigenvalue weighted by molar-refractivity contribution is 0.669. The summed E-state index contributed by atoms with van der Waals surface area (Å²) in [7, 11) is 0. The number of nitrogens with zero attached hydrogens (tertiary/aromatic N) is 1. The quantitative estimate of drug-likeness (QED) is 0.168. The molecule has 0 aliphatic rings. The summed E-state index contributed by atoms with van der Waals surface area (Å²) in [6.45, 7) is 4.35. The van der Waals surface area contributed by atoms with Crippen molar-refractivity contribution in [2.24, 2.45) is 0 Å². The van der Waals surface area contributed by atoms with Gasteiger partial charge in [-0.3, -0.25) is 0 Å². The van der Waals surface area contributed by atoms with Gasteiger partial charge in [-0.15, -0.1) is 0 Å². The predicted molar refractivity (Wildman–Crippen MR) is 248 cm³/mol. The maximum absolute atomic E-state index is 7.03. The molecule has 13 aromatic rings. The standard InChI is InChI=1S/C56H35NO2/c1-32-18-21-51-47(24-32)48-25-33(2)19-22-52(48)57(51)37-27-35(34-20-23-54-49(29-34)43-14-7-8-17-53(43)58-54)26-36(28-37)38-15-9-16-44-50-30-45-41-12-5-3-10-39(41)40-11-4-6-13-42(40)46(45)31-55(50)59-56(38)44/h3-31H,1-2H3. The van der Waals surface area contributed by atoms with Crippen molar-refractivity contribution < 1.29 is 8.83 Å². The number of aromatic nitrogens is 1. The SMILES string of the molecule is Cc1ccc2c(c1)c1cc(C)ccc1n2-c1cc(-c2ccc3oc4ccccc4c3c2)cc(-c2cccc3c2oc2cc4c5ccccc5c5ccccc5c4cc23)c1. The van der Waals surface area contributed by atoms with Gasteiger partial charge < -0.3 is 13.4 Å². The lowest BCUT2D eigenvalue weighted by atomic mass is 9.93. The minimum Gasteiger partial charge on any atom is -0.456 e. The molecule has 3 nitrogen and oxygen atoms in total. The zero-order chi connectivity index (χ0) is 38.9. The molecule has 0 amide bonds. The van der Waals surface area contributed by atoms with Gasteiger partial charge in [0.15, 0.2) is 0 Å². The number of fused-ring (bicyclic) bond motifs is 15. The fourth-order valence-electron chi connectivity index (χ4n) is 9.92. The van der Waals surface area contributed by atoms with Gasteiger partial charge in [-0.25, -0.2) is 0 Å². The minimum atomic E-state index is 0.888. The van der Waals surface area contributed by atoms with Gasteiger partial charge in [-0.05, 0) is 136 Å². The second-order valence-corrected chi connectivity index (χ2v) is 16.2. The summed E-state index contributed by atoms with van der Waals surface area (Å²) < 4.78 is 15.7. The van der Waals surface area contributed by atoms with E-state index in [0.717, 1.165) is 71.8 Å². The number of benzene rings is 10. The Labute approximate surface area is 338 Å². The number of para-hydroxylation sites is 2. The van der Waals surface area contributed by atoms with E-state index in [-0.39, 0.29) is 0 Å². The van der Waals surface area contributed by atoms with Crippen LogP contribution in [0.3, 0.4) is 0 Å². The molecule has 0 bridgehead atoms. The lowest BCUT2D eigenvalue weighted by Crippen LogP contribution is -1.96. The van der Waals surface area contributed by atoms with E-state index in [1.54, 1.807) is 0 Å². The molecule has 10 aromatic carbocycles. The minimum absolute atomic E-state index is 0.888. The maximum atomic E-state index is 7.03. The van der Waals surface area contributed by atoms with Crippen LogP contribution in [0.15, 0.2) is 185 Å². The normalized spacial score (nSPS) is 12.2. The third-order valence-corrected chi connectivity index (χ3v) is 12.6. The molecule has 0 saturated carbocycles. The molecule has 3 heteroatoms. The van der Waals surface area contributed by atoms with Crippen molar-refractivity contribution in [3.63, 3.8) is 0 Å². The Kier molecular flexibility index (Phi) is 6.58. The Hall–Kier alpha value is -7.62. The van der Waals surface area contributed by atoms with Crippen molar-refractivity contribution in [3.8, 4) is 27.9 Å². The third-order valence-electron chi connectivity index (χ3n) is 12.6. The third kappa shape index (κ3) is 4.70. The summed E-state index contributed by atoms with van der Waals surface area (Å²) in [4.78, 5) is 0. The van der Waals surface area contributed by atoms with Crippen LogP contribution in [0.2, 0.25) is 0 Å². The van der Waals surface area contributed by atoms with Crippen LogP contribution in [0.1, 0.15) is 11.1 Å². The number of hydrogen-bond acceptors (Lipinski definition) is 2. The highest BCUT2D eigenvalue weighted by Crippen LogP contribution is 2.44. The topological polar surface area (TPSA) is 31.2 Å². The van der Waals surface area contributed by atoms with E-state index in [1.165, 1.54) is 65.3 Å². The Balaban J connectivity index is 1.10. The molecule has 0 spiro atoms. The molecular weight excluding hydrogens is 719 g/mol. The summed E-state index contributed by atoms with van der Waals surface area (Å²) in [6.07, 6.45) is 0. The van der Waals surface area contributed by atoms with Gasteiger partial charge in [0.05, 0.1) is 11.0 Å². The smallest absolute Gasteiger partial charge is 0.143 e. The van der Waals surface area contributed by atoms with Crippen molar-refractivity contribution >= 4 is 98.0 Å². The van der Waals surface area contributed by atoms with Crippen LogP contribution >= 0.6 is 0 Å². The van der Waals surface area contributed by atoms with E-state index in [0.29, 0.717) is 0 Å². The van der Waals surface area contributed by atoms with Gasteiger partial charge in [-0.1, -0.05) is 114 Å². The predicted octanol–water partition coefficient (Wildman–Crippen LogP) is 16.0. The molecule has 0 unspecified atom stereocenters. The van der Waals surface area contributed by atoms with E-state index in [1.807, 2.05) is 12.1 Å². The molecular formula is C56H35NO2. The summed E-state index contributed by atoms with van der Waals surface area (Å²) in [5, 5.41) is 14.4. The first-order chi connectivity index (χ1) is 29.0. The number of furan rings is 2. The first-order valence-electron chi connectivity index (χ1n) is 20.3. The van der Waals surface area contributed by atoms with Crippen molar-refractivity contribution in [3.05, 3.63) is 187 Å². The van der Waals surface area contributed by atoms with Gasteiger partial charge in [0, 0.05) is 43.6 Å². The summed E-state index contributed by atoms with van der Waals surface area (Å²) in [6, 6.07) is 64.2. The molecule has 276 valence electrons. The molecule has 59 heavy (non-hydrogen) atoms. The van der Waals surface area contributed by atoms with E-state index in [4.69, 9.17) is 8.83 Å². The first kappa shape index (κ1) is 32.5. The zero-order valence-electron chi connectivity index (χ0n) is 32.5. The van der Waals surface area contributed by atoms with Crippen molar-refractivity contribution in [1.82, 2.24) is 4.57 Å². The Morgan fingerprint density at radius 2 is 0.898 bits per heavy atom. The molecule has 0 aliphatic carbocycles. The van der Waals surface area contributed by atoms with Crippen molar-refractivity contribution in [1.29, 1.82) is 0 Å². The van der Waals surface area contributed by atoms with E-state index in [9.17, 15) is 0 Å². The summed E-state index contributed by atoms with van der Waals surface area (Å²) in [5.74, 6) is 0. The van der Waals surface area contributed by atoms with Crippen LogP contribution in [0.5, 0.6) is 0 Å². The van der Waals surface area contributed by atoms with Crippen molar-refractivity contribution in [2.75, 3.05) is 0 Å². The van der Waals surface area contributed by atoms with Gasteiger partial charge in [-0.2, -0.15) is 0 Å². The largest absolute Gasteiger partial charge is 0.456 e. The van der Waals surface area contributed by atoms with Gasteiger partial charge in [0.1, 0.15) is 22.3 Å². The molecule has 0 atom stereocenters. The first-order valence-corrected chi connectivity index (χ1v) is 20.3. The maximum Gasteiger partial charge on any atom is 0.143 e. The average Bonchev–Trinajstić information content (AvgIpc) is 3.94. The molecule has 0 fully saturated rings. The van der Waals surface area contributed by atoms with E-state index >= 15 is 0 Å². The molecule has 3 heterocycles. The van der Waals surface area contributed by atoms with Gasteiger partial charge in [0.25, 0.3) is 0 Å². The number of rotatable bonds is 3. The second-order valence-electron chi connectivity index (χ2n) is 16.2. The molecule has 13 rings (SSSR count). The average molecular weight is 754 g/mol. The van der Waals surface area contributed by atoms with Gasteiger partial charge >= 0.3 is 0 Å². The zero-order valence-corrected chi connectivity index (χ0v) is 32.5. The highest BCUT2D eigenvalue weighted by molar-refractivity contribution is 6.28. The van der Waals surface area contributed by atoms with E-state index in [2.05, 4.69) is 182 Å². The molecule has 0 N–H and O–H groups in total. The fourth-order valence-corrected chi connectivity index (χ4v) is 9.92. The molecule has 0 saturated heterocycles. The monoisotopic (exact) mass is 753 g/mol. The van der Waals surface area contributed by atoms with Crippen LogP contribution in [-0.4, -0.2) is 4.57 Å². The molecule has 0 radical (unpaired) electrons. The Morgan fingerprint density at radius 1 is 0.322 bits per heavy atom.